The summed E-state index contributed by atoms with van der Waals surface area (Å²) in [4.78, 5) is 19.9. The van der Waals surface area contributed by atoms with Gasteiger partial charge in [0, 0.05) is 19.1 Å². The lowest BCUT2D eigenvalue weighted by atomic mass is 10.2. The first kappa shape index (κ1) is 11.7. The van der Waals surface area contributed by atoms with Crippen LogP contribution in [-0.4, -0.2) is 41.5 Å². The van der Waals surface area contributed by atoms with Crippen LogP contribution in [-0.2, 0) is 4.79 Å². The molecule has 16 heavy (non-hydrogen) atoms. The third-order valence-corrected chi connectivity index (χ3v) is 3.79. The summed E-state index contributed by atoms with van der Waals surface area (Å²) in [6, 6.07) is 0.273. The molecule has 0 saturated carbocycles. The summed E-state index contributed by atoms with van der Waals surface area (Å²) in [7, 11) is 0. The summed E-state index contributed by atoms with van der Waals surface area (Å²) >= 11 is 7.24. The highest BCUT2D eigenvalue weighted by Gasteiger charge is 2.26. The molecule has 1 aliphatic heterocycles. The first-order valence-corrected chi connectivity index (χ1v) is 6.43. The fraction of sp³-hybridized carbons (Fsp3) is 0.600. The molecule has 1 fully saturated rings. The molecule has 0 N–H and O–H groups in total. The standard InChI is InChI=1S/C10H14ClN3OS/c1-7(2)14-4-3-13(6-9(14)15)10-12-5-8(11)16-10/h5,7H,3-4,6H2,1-2H3. The van der Waals surface area contributed by atoms with E-state index >= 15 is 0 Å². The van der Waals surface area contributed by atoms with Gasteiger partial charge >= 0.3 is 0 Å². The summed E-state index contributed by atoms with van der Waals surface area (Å²) < 4.78 is 0.661. The van der Waals surface area contributed by atoms with Crippen molar-refractivity contribution in [2.24, 2.45) is 0 Å². The molecule has 0 aromatic carbocycles. The van der Waals surface area contributed by atoms with E-state index in [1.807, 2.05) is 23.6 Å². The van der Waals surface area contributed by atoms with Crippen molar-refractivity contribution in [2.45, 2.75) is 19.9 Å². The van der Waals surface area contributed by atoms with Gasteiger partial charge in [0.1, 0.15) is 4.34 Å². The van der Waals surface area contributed by atoms with Crippen LogP contribution in [0.1, 0.15) is 13.8 Å². The molecule has 1 saturated heterocycles. The SMILES string of the molecule is CC(C)N1CCN(c2ncc(Cl)s2)CC1=O. The van der Waals surface area contributed by atoms with Crippen LogP contribution < -0.4 is 4.90 Å². The van der Waals surface area contributed by atoms with E-state index in [1.165, 1.54) is 11.3 Å². The molecule has 0 spiro atoms. The van der Waals surface area contributed by atoms with Gasteiger partial charge in [0.05, 0.1) is 12.7 Å². The van der Waals surface area contributed by atoms with Gasteiger partial charge in [-0.2, -0.15) is 0 Å². The van der Waals surface area contributed by atoms with Crippen LogP contribution in [0.2, 0.25) is 4.34 Å². The van der Waals surface area contributed by atoms with Crippen LogP contribution in [0, 0.1) is 0 Å². The van der Waals surface area contributed by atoms with E-state index in [-0.39, 0.29) is 11.9 Å². The van der Waals surface area contributed by atoms with Crippen molar-refractivity contribution in [2.75, 3.05) is 24.5 Å². The Balaban J connectivity index is 2.05. The number of anilines is 1. The minimum absolute atomic E-state index is 0.160. The lowest BCUT2D eigenvalue weighted by Gasteiger charge is -2.36. The molecular weight excluding hydrogens is 246 g/mol. The molecular formula is C10H14ClN3OS. The Morgan fingerprint density at radius 3 is 2.75 bits per heavy atom. The monoisotopic (exact) mass is 259 g/mol. The van der Waals surface area contributed by atoms with E-state index in [0.29, 0.717) is 10.9 Å². The highest BCUT2D eigenvalue weighted by atomic mass is 35.5. The van der Waals surface area contributed by atoms with Crippen molar-refractivity contribution >= 4 is 34.0 Å². The largest absolute Gasteiger partial charge is 0.337 e. The van der Waals surface area contributed by atoms with Gasteiger partial charge in [-0.25, -0.2) is 4.98 Å². The molecule has 0 radical (unpaired) electrons. The minimum Gasteiger partial charge on any atom is -0.337 e. The minimum atomic E-state index is 0.160. The van der Waals surface area contributed by atoms with Gasteiger partial charge < -0.3 is 9.80 Å². The number of amides is 1. The predicted molar refractivity (Wildman–Crippen MR) is 66.2 cm³/mol. The van der Waals surface area contributed by atoms with E-state index in [1.54, 1.807) is 6.20 Å². The van der Waals surface area contributed by atoms with Gasteiger partial charge in [-0.05, 0) is 13.8 Å². The maximum atomic E-state index is 11.9. The van der Waals surface area contributed by atoms with Gasteiger partial charge in [0.15, 0.2) is 5.13 Å². The zero-order valence-corrected chi connectivity index (χ0v) is 10.9. The number of nitrogens with zero attached hydrogens (tertiary/aromatic N) is 3. The molecule has 1 aromatic heterocycles. The fourth-order valence-corrected chi connectivity index (χ4v) is 2.71. The van der Waals surface area contributed by atoms with Crippen LogP contribution >= 0.6 is 22.9 Å². The van der Waals surface area contributed by atoms with Crippen molar-refractivity contribution < 1.29 is 4.79 Å². The van der Waals surface area contributed by atoms with E-state index in [4.69, 9.17) is 11.6 Å². The first-order chi connectivity index (χ1) is 7.58. The van der Waals surface area contributed by atoms with Gasteiger partial charge in [0.2, 0.25) is 5.91 Å². The maximum absolute atomic E-state index is 11.9. The molecule has 0 aliphatic carbocycles. The second kappa shape index (κ2) is 4.59. The second-order valence-corrected chi connectivity index (χ2v) is 5.69. The summed E-state index contributed by atoms with van der Waals surface area (Å²) in [5.74, 6) is 0.160. The first-order valence-electron chi connectivity index (χ1n) is 5.23. The summed E-state index contributed by atoms with van der Waals surface area (Å²) in [5.41, 5.74) is 0. The molecule has 0 unspecified atom stereocenters. The van der Waals surface area contributed by atoms with Crippen LogP contribution in [0.5, 0.6) is 0 Å². The van der Waals surface area contributed by atoms with Crippen molar-refractivity contribution in [3.63, 3.8) is 0 Å². The van der Waals surface area contributed by atoms with Crippen molar-refractivity contribution in [3.05, 3.63) is 10.5 Å². The number of piperazine rings is 1. The average molecular weight is 260 g/mol. The van der Waals surface area contributed by atoms with E-state index < -0.39 is 0 Å². The van der Waals surface area contributed by atoms with Crippen LogP contribution in [0.15, 0.2) is 6.20 Å². The molecule has 4 nitrogen and oxygen atoms in total. The van der Waals surface area contributed by atoms with Gasteiger partial charge in [0.25, 0.3) is 0 Å². The lowest BCUT2D eigenvalue weighted by Crippen LogP contribution is -2.52. The smallest absolute Gasteiger partial charge is 0.242 e. The fourth-order valence-electron chi connectivity index (χ4n) is 1.79. The van der Waals surface area contributed by atoms with E-state index in [2.05, 4.69) is 4.98 Å². The predicted octanol–water partition coefficient (Wildman–Crippen LogP) is 1.85. The van der Waals surface area contributed by atoms with E-state index in [0.717, 1.165) is 18.2 Å². The molecule has 1 aliphatic rings. The third kappa shape index (κ3) is 2.30. The number of carbonyl (C=O) groups is 1. The van der Waals surface area contributed by atoms with Crippen molar-refractivity contribution in [1.82, 2.24) is 9.88 Å². The van der Waals surface area contributed by atoms with Crippen LogP contribution in [0.3, 0.4) is 0 Å². The average Bonchev–Trinajstić information content (AvgIpc) is 2.64. The zero-order chi connectivity index (χ0) is 11.7. The maximum Gasteiger partial charge on any atom is 0.242 e. The molecule has 2 heterocycles. The Kier molecular flexibility index (Phi) is 3.35. The number of hydrogen-bond donors (Lipinski definition) is 0. The van der Waals surface area contributed by atoms with Gasteiger partial charge in [-0.3, -0.25) is 4.79 Å². The molecule has 0 atom stereocenters. The molecule has 1 aromatic rings. The van der Waals surface area contributed by atoms with Crippen molar-refractivity contribution in [1.29, 1.82) is 0 Å². The Morgan fingerprint density at radius 2 is 2.25 bits per heavy atom. The lowest BCUT2D eigenvalue weighted by molar-refractivity contribution is -0.132. The van der Waals surface area contributed by atoms with Crippen LogP contribution in [0.4, 0.5) is 5.13 Å². The summed E-state index contributed by atoms with van der Waals surface area (Å²) in [6.07, 6.45) is 1.63. The number of aromatic nitrogens is 1. The van der Waals surface area contributed by atoms with Gasteiger partial charge in [-0.15, -0.1) is 0 Å². The molecule has 1 amide bonds. The quantitative estimate of drug-likeness (QED) is 0.813. The Labute approximate surface area is 104 Å². The Hall–Kier alpha value is -0.810. The number of hydrogen-bond acceptors (Lipinski definition) is 4. The topological polar surface area (TPSA) is 36.4 Å². The summed E-state index contributed by atoms with van der Waals surface area (Å²) in [6.45, 7) is 6.06. The number of rotatable bonds is 2. The number of thiazole rings is 1. The normalized spacial score (nSPS) is 17.4. The number of carbonyl (C=O) groups excluding carboxylic acids is 1. The number of halogens is 1. The van der Waals surface area contributed by atoms with E-state index in [9.17, 15) is 4.79 Å². The Bertz CT molecular complexity index is 393. The zero-order valence-electron chi connectivity index (χ0n) is 9.31. The molecule has 0 bridgehead atoms. The van der Waals surface area contributed by atoms with Gasteiger partial charge in [-0.1, -0.05) is 22.9 Å². The Morgan fingerprint density at radius 1 is 1.50 bits per heavy atom. The molecule has 88 valence electrons. The second-order valence-electron chi connectivity index (χ2n) is 4.05. The third-order valence-electron chi connectivity index (χ3n) is 2.62. The highest BCUT2D eigenvalue weighted by molar-refractivity contribution is 7.19. The summed E-state index contributed by atoms with van der Waals surface area (Å²) in [5, 5.41) is 0.835. The highest BCUT2D eigenvalue weighted by Crippen LogP contribution is 2.27. The van der Waals surface area contributed by atoms with Crippen LogP contribution in [0.25, 0.3) is 0 Å². The molecule has 2 rings (SSSR count). The molecule has 6 heteroatoms. The van der Waals surface area contributed by atoms with Crippen molar-refractivity contribution in [3.8, 4) is 0 Å².